The summed E-state index contributed by atoms with van der Waals surface area (Å²) in [7, 11) is 0. The van der Waals surface area contributed by atoms with Gasteiger partial charge in [0.25, 0.3) is 5.91 Å². The van der Waals surface area contributed by atoms with E-state index in [1.807, 2.05) is 0 Å². The minimum atomic E-state index is -0.556. The third-order valence-electron chi connectivity index (χ3n) is 1.99. The van der Waals surface area contributed by atoms with Gasteiger partial charge in [0.2, 0.25) is 11.9 Å². The van der Waals surface area contributed by atoms with Crippen LogP contribution in [0.15, 0.2) is 12.4 Å². The van der Waals surface area contributed by atoms with Crippen LogP contribution in [0.4, 0.5) is 10.7 Å². The summed E-state index contributed by atoms with van der Waals surface area (Å²) in [5.74, 6) is -0.628. The summed E-state index contributed by atoms with van der Waals surface area (Å²) in [6.45, 7) is -0.377. The van der Waals surface area contributed by atoms with Crippen LogP contribution in [0.1, 0.15) is 0 Å². The molecule has 0 spiro atoms. The minimum absolute atomic E-state index is 0.0626. The summed E-state index contributed by atoms with van der Waals surface area (Å²) in [6, 6.07) is -0.556. The first-order valence-electron chi connectivity index (χ1n) is 4.54. The molecule has 4 amide bonds. The Morgan fingerprint density at radius 3 is 2.94 bits per heavy atom. The Labute approximate surface area is 90.0 Å². The van der Waals surface area contributed by atoms with Gasteiger partial charge in [-0.3, -0.25) is 19.8 Å². The van der Waals surface area contributed by atoms with Gasteiger partial charge in [0.1, 0.15) is 6.54 Å². The SMILES string of the molecule is O=C(CN1C(=O)CNC1=O)Nc1ncc[nH]1. The van der Waals surface area contributed by atoms with E-state index in [2.05, 4.69) is 20.6 Å². The number of carbonyl (C=O) groups is 3. The van der Waals surface area contributed by atoms with Gasteiger partial charge >= 0.3 is 6.03 Å². The molecule has 84 valence electrons. The van der Waals surface area contributed by atoms with Gasteiger partial charge in [-0.05, 0) is 0 Å². The number of H-pyrrole nitrogens is 1. The third-order valence-corrected chi connectivity index (χ3v) is 1.99. The number of imide groups is 1. The number of imidazole rings is 1. The zero-order chi connectivity index (χ0) is 11.5. The number of hydrogen-bond acceptors (Lipinski definition) is 4. The van der Waals surface area contributed by atoms with Crippen molar-refractivity contribution in [2.75, 3.05) is 18.4 Å². The van der Waals surface area contributed by atoms with Crippen LogP contribution >= 0.6 is 0 Å². The van der Waals surface area contributed by atoms with Gasteiger partial charge in [0, 0.05) is 12.4 Å². The van der Waals surface area contributed by atoms with Gasteiger partial charge in [-0.1, -0.05) is 0 Å². The number of carbonyl (C=O) groups excluding carboxylic acids is 3. The molecule has 0 bridgehead atoms. The highest BCUT2D eigenvalue weighted by Gasteiger charge is 2.30. The second-order valence-electron chi connectivity index (χ2n) is 3.12. The highest BCUT2D eigenvalue weighted by atomic mass is 16.2. The molecule has 0 unspecified atom stereocenters. The van der Waals surface area contributed by atoms with Gasteiger partial charge < -0.3 is 10.3 Å². The summed E-state index contributed by atoms with van der Waals surface area (Å²) < 4.78 is 0. The molecule has 1 aliphatic heterocycles. The summed E-state index contributed by atoms with van der Waals surface area (Å²) in [5.41, 5.74) is 0. The monoisotopic (exact) mass is 223 g/mol. The molecule has 0 aromatic carbocycles. The molecule has 3 N–H and O–H groups in total. The molecule has 1 aromatic heterocycles. The third kappa shape index (κ3) is 2.00. The number of aromatic nitrogens is 2. The number of aromatic amines is 1. The van der Waals surface area contributed by atoms with E-state index in [0.29, 0.717) is 0 Å². The lowest BCUT2D eigenvalue weighted by atomic mass is 10.5. The Balaban J connectivity index is 1.92. The van der Waals surface area contributed by atoms with Crippen molar-refractivity contribution in [3.8, 4) is 0 Å². The van der Waals surface area contributed by atoms with E-state index in [4.69, 9.17) is 0 Å². The lowest BCUT2D eigenvalue weighted by Crippen LogP contribution is -2.38. The Morgan fingerprint density at radius 2 is 2.38 bits per heavy atom. The van der Waals surface area contributed by atoms with Crippen LogP contribution in [-0.4, -0.2) is 45.8 Å². The molecule has 8 nitrogen and oxygen atoms in total. The van der Waals surface area contributed by atoms with E-state index >= 15 is 0 Å². The van der Waals surface area contributed by atoms with Crippen LogP contribution in [0.2, 0.25) is 0 Å². The fraction of sp³-hybridized carbons (Fsp3) is 0.250. The molecule has 1 saturated heterocycles. The van der Waals surface area contributed by atoms with Crippen LogP contribution in [0.25, 0.3) is 0 Å². The van der Waals surface area contributed by atoms with E-state index < -0.39 is 17.8 Å². The Morgan fingerprint density at radius 1 is 1.56 bits per heavy atom. The number of amides is 4. The lowest BCUT2D eigenvalue weighted by molar-refractivity contribution is -0.128. The zero-order valence-corrected chi connectivity index (χ0v) is 8.19. The van der Waals surface area contributed by atoms with Crippen LogP contribution in [0, 0.1) is 0 Å². The predicted octanol–water partition coefficient (Wildman–Crippen LogP) is -1.10. The van der Waals surface area contributed by atoms with Crippen molar-refractivity contribution in [1.29, 1.82) is 0 Å². The van der Waals surface area contributed by atoms with Crippen molar-refractivity contribution in [3.63, 3.8) is 0 Å². The number of nitrogens with one attached hydrogen (secondary N) is 3. The Hall–Kier alpha value is -2.38. The molecule has 16 heavy (non-hydrogen) atoms. The molecule has 2 rings (SSSR count). The first-order valence-corrected chi connectivity index (χ1v) is 4.54. The van der Waals surface area contributed by atoms with Gasteiger partial charge in [0.05, 0.1) is 6.54 Å². The number of nitrogens with zero attached hydrogens (tertiary/aromatic N) is 2. The predicted molar refractivity (Wildman–Crippen MR) is 52.3 cm³/mol. The molecule has 0 radical (unpaired) electrons. The van der Waals surface area contributed by atoms with Crippen molar-refractivity contribution in [2.45, 2.75) is 0 Å². The number of urea groups is 1. The molecule has 1 aliphatic rings. The van der Waals surface area contributed by atoms with E-state index in [1.54, 1.807) is 6.20 Å². The van der Waals surface area contributed by atoms with Crippen molar-refractivity contribution in [3.05, 3.63) is 12.4 Å². The summed E-state index contributed by atoms with van der Waals surface area (Å²) >= 11 is 0. The van der Waals surface area contributed by atoms with Crippen molar-refractivity contribution in [2.24, 2.45) is 0 Å². The van der Waals surface area contributed by atoms with Crippen LogP contribution in [-0.2, 0) is 9.59 Å². The molecule has 0 aliphatic carbocycles. The van der Waals surface area contributed by atoms with Crippen LogP contribution in [0.5, 0.6) is 0 Å². The number of rotatable bonds is 3. The molecule has 8 heteroatoms. The maximum absolute atomic E-state index is 11.4. The molecule has 1 fully saturated rings. The fourth-order valence-corrected chi connectivity index (χ4v) is 1.26. The summed E-state index contributed by atoms with van der Waals surface area (Å²) in [5, 5.41) is 4.73. The van der Waals surface area contributed by atoms with Gasteiger partial charge in [0.15, 0.2) is 0 Å². The molecular weight excluding hydrogens is 214 g/mol. The van der Waals surface area contributed by atoms with Crippen molar-refractivity contribution in [1.82, 2.24) is 20.2 Å². The van der Waals surface area contributed by atoms with Gasteiger partial charge in [-0.15, -0.1) is 0 Å². The smallest absolute Gasteiger partial charge is 0.325 e. The van der Waals surface area contributed by atoms with E-state index in [1.165, 1.54) is 6.20 Å². The first kappa shape index (κ1) is 10.1. The topological polar surface area (TPSA) is 107 Å². The average Bonchev–Trinajstić information content (AvgIpc) is 2.83. The first-order chi connectivity index (χ1) is 7.66. The minimum Gasteiger partial charge on any atom is -0.331 e. The Kier molecular flexibility index (Phi) is 2.54. The van der Waals surface area contributed by atoms with E-state index in [9.17, 15) is 14.4 Å². The van der Waals surface area contributed by atoms with E-state index in [0.717, 1.165) is 4.90 Å². The van der Waals surface area contributed by atoms with Crippen LogP contribution < -0.4 is 10.6 Å². The maximum Gasteiger partial charge on any atom is 0.325 e. The highest BCUT2D eigenvalue weighted by Crippen LogP contribution is 2.00. The maximum atomic E-state index is 11.4. The molecule has 2 heterocycles. The Bertz CT molecular complexity index is 411. The van der Waals surface area contributed by atoms with Crippen LogP contribution in [0.3, 0.4) is 0 Å². The highest BCUT2D eigenvalue weighted by molar-refractivity contribution is 6.05. The summed E-state index contributed by atoms with van der Waals surface area (Å²) in [6.07, 6.45) is 3.02. The quantitative estimate of drug-likeness (QED) is 0.565. The summed E-state index contributed by atoms with van der Waals surface area (Å²) in [4.78, 5) is 41.0. The van der Waals surface area contributed by atoms with E-state index in [-0.39, 0.29) is 19.0 Å². The molecule has 1 aromatic rings. The lowest BCUT2D eigenvalue weighted by Gasteiger charge is -2.10. The number of anilines is 1. The molecular formula is C8H9N5O3. The number of hydrogen-bond donors (Lipinski definition) is 3. The molecule has 0 atom stereocenters. The fourth-order valence-electron chi connectivity index (χ4n) is 1.26. The standard InChI is InChI=1S/C8H9N5O3/c14-5(12-7-9-1-2-10-7)4-13-6(15)3-11-8(13)16/h1-2H,3-4H2,(H,11,16)(H2,9,10,12,14). The second kappa shape index (κ2) is 4.01. The van der Waals surface area contributed by atoms with Crippen molar-refractivity contribution < 1.29 is 14.4 Å². The largest absolute Gasteiger partial charge is 0.331 e. The van der Waals surface area contributed by atoms with Crippen molar-refractivity contribution >= 4 is 23.8 Å². The second-order valence-corrected chi connectivity index (χ2v) is 3.12. The van der Waals surface area contributed by atoms with Gasteiger partial charge in [-0.25, -0.2) is 9.78 Å². The van der Waals surface area contributed by atoms with Gasteiger partial charge in [-0.2, -0.15) is 0 Å². The zero-order valence-electron chi connectivity index (χ0n) is 8.19. The average molecular weight is 223 g/mol. The molecule has 0 saturated carbocycles. The normalized spacial score (nSPS) is 15.1.